The van der Waals surface area contributed by atoms with E-state index in [9.17, 15) is 9.18 Å². The summed E-state index contributed by atoms with van der Waals surface area (Å²) in [7, 11) is 1.60. The first-order chi connectivity index (χ1) is 15.5. The lowest BCUT2D eigenvalue weighted by Gasteiger charge is -2.20. The number of amides is 1. The van der Waals surface area contributed by atoms with Crippen molar-refractivity contribution in [1.82, 2.24) is 15.5 Å². The molecule has 7 heteroatoms. The van der Waals surface area contributed by atoms with Crippen molar-refractivity contribution in [3.63, 3.8) is 0 Å². The van der Waals surface area contributed by atoms with E-state index in [-0.39, 0.29) is 17.8 Å². The summed E-state index contributed by atoms with van der Waals surface area (Å²) in [6, 6.07) is 20.5. The molecule has 0 spiro atoms. The third-order valence-corrected chi connectivity index (χ3v) is 5.10. The number of halogens is 1. The monoisotopic (exact) mass is 431 g/mol. The summed E-state index contributed by atoms with van der Waals surface area (Å²) in [4.78, 5) is 17.2. The van der Waals surface area contributed by atoms with Gasteiger partial charge in [0, 0.05) is 11.1 Å². The first kappa shape index (κ1) is 21.2. The fourth-order valence-electron chi connectivity index (χ4n) is 3.36. The van der Waals surface area contributed by atoms with Crippen LogP contribution in [0, 0.1) is 12.7 Å². The first-order valence-electron chi connectivity index (χ1n) is 10.1. The number of aryl methyl sites for hydroxylation is 1. The molecular formula is C25H22FN3O3. The number of carbonyl (C=O) groups excluding carboxylic acids is 1. The van der Waals surface area contributed by atoms with Crippen molar-refractivity contribution in [1.29, 1.82) is 0 Å². The Morgan fingerprint density at radius 2 is 1.72 bits per heavy atom. The number of ether oxygens (including phenoxy) is 1. The lowest BCUT2D eigenvalue weighted by Crippen LogP contribution is -2.30. The fourth-order valence-corrected chi connectivity index (χ4v) is 3.36. The largest absolute Gasteiger partial charge is 0.497 e. The molecule has 4 aromatic rings. The Bertz CT molecular complexity index is 1190. The van der Waals surface area contributed by atoms with E-state index in [0.29, 0.717) is 23.7 Å². The van der Waals surface area contributed by atoms with Gasteiger partial charge in [0.15, 0.2) is 5.82 Å². The third-order valence-electron chi connectivity index (χ3n) is 5.10. The van der Waals surface area contributed by atoms with Crippen LogP contribution in [-0.2, 0) is 6.42 Å². The Morgan fingerprint density at radius 1 is 1.03 bits per heavy atom. The van der Waals surface area contributed by atoms with Gasteiger partial charge < -0.3 is 14.6 Å². The summed E-state index contributed by atoms with van der Waals surface area (Å²) in [6.45, 7) is 1.75. The smallest absolute Gasteiger partial charge is 0.257 e. The van der Waals surface area contributed by atoms with E-state index in [4.69, 9.17) is 9.26 Å². The van der Waals surface area contributed by atoms with Gasteiger partial charge in [-0.25, -0.2) is 4.39 Å². The minimum Gasteiger partial charge on any atom is -0.497 e. The molecule has 1 aromatic heterocycles. The molecule has 0 fully saturated rings. The van der Waals surface area contributed by atoms with E-state index in [1.54, 1.807) is 50.4 Å². The second-order valence-electron chi connectivity index (χ2n) is 7.35. The normalized spacial score (nSPS) is 11.7. The molecule has 162 valence electrons. The number of nitrogens with one attached hydrogen (secondary N) is 1. The van der Waals surface area contributed by atoms with Crippen LogP contribution in [0.25, 0.3) is 11.5 Å². The van der Waals surface area contributed by atoms with Crippen LogP contribution in [0.2, 0.25) is 0 Å². The molecule has 1 N–H and O–H groups in total. The average Bonchev–Trinajstić information content (AvgIpc) is 3.26. The maximum atomic E-state index is 13.3. The van der Waals surface area contributed by atoms with Gasteiger partial charge in [0.2, 0.25) is 0 Å². The summed E-state index contributed by atoms with van der Waals surface area (Å²) in [5.41, 5.74) is 3.07. The third kappa shape index (κ3) is 5.00. The van der Waals surface area contributed by atoms with E-state index in [1.807, 2.05) is 24.3 Å². The summed E-state index contributed by atoms with van der Waals surface area (Å²) >= 11 is 0. The molecule has 6 nitrogen and oxygen atoms in total. The van der Waals surface area contributed by atoms with Gasteiger partial charge in [0.1, 0.15) is 11.6 Å². The zero-order valence-electron chi connectivity index (χ0n) is 17.7. The van der Waals surface area contributed by atoms with Crippen LogP contribution in [0.5, 0.6) is 5.75 Å². The van der Waals surface area contributed by atoms with Crippen molar-refractivity contribution in [2.75, 3.05) is 7.11 Å². The second kappa shape index (κ2) is 9.43. The molecule has 1 heterocycles. The van der Waals surface area contributed by atoms with Crippen molar-refractivity contribution in [2.45, 2.75) is 19.4 Å². The standard InChI is InChI=1S/C25H22FN3O3/c1-16-27-25(32-29-16)20-7-5-19(6-8-20)24(30)28-23(15-17-3-11-21(26)12-4-17)18-9-13-22(31-2)14-10-18/h3-14,23H,15H2,1-2H3,(H,28,30). The van der Waals surface area contributed by atoms with Crippen LogP contribution in [0.3, 0.4) is 0 Å². The van der Waals surface area contributed by atoms with Crippen molar-refractivity contribution >= 4 is 5.91 Å². The number of rotatable bonds is 7. The van der Waals surface area contributed by atoms with Crippen LogP contribution in [0.1, 0.15) is 33.4 Å². The van der Waals surface area contributed by atoms with Crippen molar-refractivity contribution in [3.8, 4) is 17.2 Å². The summed E-state index contributed by atoms with van der Waals surface area (Å²) in [6.07, 6.45) is 0.512. The van der Waals surface area contributed by atoms with Gasteiger partial charge in [-0.1, -0.05) is 29.4 Å². The highest BCUT2D eigenvalue weighted by Gasteiger charge is 2.17. The van der Waals surface area contributed by atoms with Crippen LogP contribution >= 0.6 is 0 Å². The minimum atomic E-state index is -0.308. The Labute approximate surface area is 185 Å². The average molecular weight is 431 g/mol. The van der Waals surface area contributed by atoms with Crippen molar-refractivity contribution in [2.24, 2.45) is 0 Å². The van der Waals surface area contributed by atoms with Gasteiger partial charge in [-0.15, -0.1) is 0 Å². The predicted molar refractivity (Wildman–Crippen MR) is 118 cm³/mol. The quantitative estimate of drug-likeness (QED) is 0.450. The maximum absolute atomic E-state index is 13.3. The van der Waals surface area contributed by atoms with Crippen molar-refractivity contribution < 1.29 is 18.4 Å². The van der Waals surface area contributed by atoms with E-state index in [2.05, 4.69) is 15.5 Å². The number of carbonyl (C=O) groups is 1. The highest BCUT2D eigenvalue weighted by atomic mass is 19.1. The zero-order chi connectivity index (χ0) is 22.5. The van der Waals surface area contributed by atoms with Crippen LogP contribution in [-0.4, -0.2) is 23.2 Å². The highest BCUT2D eigenvalue weighted by Crippen LogP contribution is 2.23. The Hall–Kier alpha value is -4.00. The van der Waals surface area contributed by atoms with Gasteiger partial charge in [0.05, 0.1) is 13.2 Å². The number of aromatic nitrogens is 2. The number of nitrogens with zero attached hydrogens (tertiary/aromatic N) is 2. The number of methoxy groups -OCH3 is 1. The molecule has 1 unspecified atom stereocenters. The van der Waals surface area contributed by atoms with E-state index < -0.39 is 0 Å². The number of benzene rings is 3. The molecule has 1 amide bonds. The summed E-state index contributed by atoms with van der Waals surface area (Å²) in [5, 5.41) is 6.87. The van der Waals surface area contributed by atoms with Crippen LogP contribution in [0.15, 0.2) is 77.3 Å². The molecule has 0 aliphatic rings. The van der Waals surface area contributed by atoms with E-state index in [0.717, 1.165) is 22.4 Å². The SMILES string of the molecule is COc1ccc(C(Cc2ccc(F)cc2)NC(=O)c2ccc(-c3nc(C)no3)cc2)cc1. The Morgan fingerprint density at radius 3 is 2.31 bits per heavy atom. The molecule has 4 rings (SSSR count). The van der Waals surface area contributed by atoms with Crippen LogP contribution in [0.4, 0.5) is 4.39 Å². The second-order valence-corrected chi connectivity index (χ2v) is 7.35. The molecule has 1 atom stereocenters. The summed E-state index contributed by atoms with van der Waals surface area (Å²) in [5.74, 6) is 1.16. The zero-order valence-corrected chi connectivity index (χ0v) is 17.7. The molecule has 3 aromatic carbocycles. The predicted octanol–water partition coefficient (Wildman–Crippen LogP) is 4.91. The van der Waals surface area contributed by atoms with Gasteiger partial charge in [-0.3, -0.25) is 4.79 Å². The lowest BCUT2D eigenvalue weighted by molar-refractivity contribution is 0.0936. The fraction of sp³-hybridized carbons (Fsp3) is 0.160. The van der Waals surface area contributed by atoms with Crippen molar-refractivity contribution in [3.05, 3.63) is 101 Å². The lowest BCUT2D eigenvalue weighted by atomic mass is 9.98. The highest BCUT2D eigenvalue weighted by molar-refractivity contribution is 5.94. The molecule has 0 aliphatic heterocycles. The Balaban J connectivity index is 1.54. The van der Waals surface area contributed by atoms with E-state index in [1.165, 1.54) is 12.1 Å². The molecule has 0 saturated heterocycles. The molecule has 0 saturated carbocycles. The minimum absolute atomic E-state index is 0.221. The van der Waals surface area contributed by atoms with E-state index >= 15 is 0 Å². The Kier molecular flexibility index (Phi) is 6.26. The first-order valence-corrected chi connectivity index (χ1v) is 10.1. The molecule has 0 aliphatic carbocycles. The van der Waals surface area contributed by atoms with Gasteiger partial charge in [-0.2, -0.15) is 4.98 Å². The molecular weight excluding hydrogens is 409 g/mol. The van der Waals surface area contributed by atoms with Gasteiger partial charge >= 0.3 is 0 Å². The molecule has 0 bridgehead atoms. The summed E-state index contributed by atoms with van der Waals surface area (Å²) < 4.78 is 23.7. The topological polar surface area (TPSA) is 77.2 Å². The molecule has 0 radical (unpaired) electrons. The maximum Gasteiger partial charge on any atom is 0.257 e. The number of hydrogen-bond donors (Lipinski definition) is 1. The van der Waals surface area contributed by atoms with Gasteiger partial charge in [-0.05, 0) is 73.0 Å². The molecule has 32 heavy (non-hydrogen) atoms. The van der Waals surface area contributed by atoms with Gasteiger partial charge in [0.25, 0.3) is 11.8 Å². The number of hydrogen-bond acceptors (Lipinski definition) is 5. The van der Waals surface area contributed by atoms with Crippen LogP contribution < -0.4 is 10.1 Å².